The average molecular weight is 304 g/mol. The molecule has 0 aliphatic carbocycles. The number of rotatable bonds is 2. The van der Waals surface area contributed by atoms with Gasteiger partial charge in [-0.1, -0.05) is 12.2 Å². The minimum absolute atomic E-state index is 0. The summed E-state index contributed by atoms with van der Waals surface area (Å²) in [7, 11) is 0. The summed E-state index contributed by atoms with van der Waals surface area (Å²) in [6.45, 7) is 15.4. The molecule has 0 fully saturated rings. The highest BCUT2D eigenvalue weighted by atomic mass is 16.2. The molecule has 0 bridgehead atoms. The Hall–Kier alpha value is -1.45. The highest BCUT2D eigenvalue weighted by Gasteiger charge is 2.11. The maximum absolute atomic E-state index is 10.9. The number of carbonyl (C=O) groups excluding carboxylic acids is 2. The van der Waals surface area contributed by atoms with Crippen LogP contribution < -0.4 is 10.6 Å². The number of allylic oxidation sites excluding steroid dienone is 2. The van der Waals surface area contributed by atoms with Gasteiger partial charge in [-0.25, -0.2) is 0 Å². The predicted octanol–water partition coefficient (Wildman–Crippen LogP) is 2.19. The fourth-order valence-electron chi connectivity index (χ4n) is 1.13. The van der Waals surface area contributed by atoms with E-state index in [0.717, 1.165) is 0 Å². The molecule has 0 atom stereocenters. The molecule has 0 spiro atoms. The minimum atomic E-state index is -0.128. The van der Waals surface area contributed by atoms with E-state index >= 15 is 0 Å². The van der Waals surface area contributed by atoms with E-state index in [1.165, 1.54) is 12.2 Å². The Morgan fingerprint density at radius 1 is 0.682 bits per heavy atom. The zero-order valence-electron chi connectivity index (χ0n) is 15.3. The van der Waals surface area contributed by atoms with Crippen LogP contribution in [0.1, 0.15) is 55.4 Å². The normalized spacial score (nSPS) is 10.9. The van der Waals surface area contributed by atoms with E-state index in [2.05, 4.69) is 10.6 Å². The van der Waals surface area contributed by atoms with Crippen molar-refractivity contribution in [1.82, 2.24) is 10.6 Å². The molecule has 0 unspecified atom stereocenters. The van der Waals surface area contributed by atoms with Crippen molar-refractivity contribution in [2.45, 2.75) is 66.5 Å². The van der Waals surface area contributed by atoms with E-state index < -0.39 is 0 Å². The van der Waals surface area contributed by atoms with Crippen molar-refractivity contribution in [1.29, 1.82) is 0 Å². The zero-order chi connectivity index (χ0) is 16.4. The van der Waals surface area contributed by atoms with Gasteiger partial charge in [0.1, 0.15) is 0 Å². The van der Waals surface area contributed by atoms with Gasteiger partial charge in [0.05, 0.1) is 0 Å². The Morgan fingerprint density at radius 3 is 1.05 bits per heavy atom. The lowest BCUT2D eigenvalue weighted by Crippen LogP contribution is -2.39. The summed E-state index contributed by atoms with van der Waals surface area (Å²) in [5.74, 6) is -0.0648. The van der Waals surface area contributed by atoms with Crippen molar-refractivity contribution in [3.8, 4) is 0 Å². The van der Waals surface area contributed by atoms with E-state index in [9.17, 15) is 9.59 Å². The Balaban J connectivity index is -0.000000135. The van der Waals surface area contributed by atoms with Gasteiger partial charge >= 0.3 is 0 Å². The summed E-state index contributed by atoms with van der Waals surface area (Å²) < 4.78 is 0. The summed E-state index contributed by atoms with van der Waals surface area (Å²) in [5, 5.41) is 5.59. The molecule has 0 aromatic rings. The van der Waals surface area contributed by atoms with E-state index in [4.69, 9.17) is 0 Å². The molecule has 0 aliphatic rings. The average Bonchev–Trinajstić information content (AvgIpc) is 2.12. The van der Waals surface area contributed by atoms with Gasteiger partial charge in [0, 0.05) is 27.9 Å². The number of hydrogen-bond donors (Lipinski definition) is 2. The van der Waals surface area contributed by atoms with Gasteiger partial charge in [-0.15, -0.1) is 0 Å². The maximum atomic E-state index is 10.9. The second-order valence-electron chi connectivity index (χ2n) is 6.48. The van der Waals surface area contributed by atoms with Gasteiger partial charge in [-0.2, -0.15) is 0 Å². The molecular formula is C16H30B2N2O2. The molecule has 0 saturated heterocycles. The quantitative estimate of drug-likeness (QED) is 0.607. The zero-order valence-corrected chi connectivity index (χ0v) is 15.3. The van der Waals surface area contributed by atoms with Gasteiger partial charge in [-0.3, -0.25) is 9.59 Å². The molecule has 0 aliphatic heterocycles. The van der Waals surface area contributed by atoms with Gasteiger partial charge in [0.2, 0.25) is 11.8 Å². The van der Waals surface area contributed by atoms with Crippen LogP contribution in [0.15, 0.2) is 24.3 Å². The SMILES string of the molecule is C/C=C/C(=O)NC(C)(C)C.C/C=C\C(=O)NC(C)(C)C.[B].[B]. The molecule has 6 radical (unpaired) electrons. The molecule has 0 saturated carbocycles. The Labute approximate surface area is 140 Å². The van der Waals surface area contributed by atoms with Crippen LogP contribution in [-0.4, -0.2) is 39.7 Å². The van der Waals surface area contributed by atoms with Crippen LogP contribution in [-0.2, 0) is 9.59 Å². The Bertz CT molecular complexity index is 329. The van der Waals surface area contributed by atoms with Gasteiger partial charge in [0.15, 0.2) is 0 Å². The van der Waals surface area contributed by atoms with Gasteiger partial charge in [-0.05, 0) is 67.5 Å². The standard InChI is InChI=1S/2C8H15NO.2B/c2*1-5-6-7(10)9-8(2,3)4;;/h2*5-6H,1-4H3,(H,9,10);;/b6-5+;6-5-;;. The van der Waals surface area contributed by atoms with E-state index in [1.807, 2.05) is 55.4 Å². The maximum Gasteiger partial charge on any atom is 0.244 e. The number of hydrogen-bond acceptors (Lipinski definition) is 2. The van der Waals surface area contributed by atoms with Crippen molar-refractivity contribution >= 4 is 28.6 Å². The molecule has 2 amide bonds. The predicted molar refractivity (Wildman–Crippen MR) is 96.9 cm³/mol. The lowest BCUT2D eigenvalue weighted by Gasteiger charge is -2.18. The van der Waals surface area contributed by atoms with E-state index in [-0.39, 0.29) is 39.7 Å². The first-order valence-corrected chi connectivity index (χ1v) is 6.81. The second kappa shape index (κ2) is 13.2. The van der Waals surface area contributed by atoms with Crippen LogP contribution in [0.2, 0.25) is 0 Å². The smallest absolute Gasteiger partial charge is 0.244 e. The van der Waals surface area contributed by atoms with Crippen LogP contribution in [0.3, 0.4) is 0 Å². The Kier molecular flexibility index (Phi) is 17.2. The highest BCUT2D eigenvalue weighted by Crippen LogP contribution is 1.98. The second-order valence-corrected chi connectivity index (χ2v) is 6.48. The van der Waals surface area contributed by atoms with E-state index in [1.54, 1.807) is 12.2 Å². The topological polar surface area (TPSA) is 58.2 Å². The summed E-state index contributed by atoms with van der Waals surface area (Å²) in [5.41, 5.74) is -0.257. The van der Waals surface area contributed by atoms with Crippen molar-refractivity contribution in [2.24, 2.45) is 0 Å². The van der Waals surface area contributed by atoms with Crippen molar-refractivity contribution < 1.29 is 9.59 Å². The number of carbonyl (C=O) groups is 2. The molecule has 0 rings (SSSR count). The van der Waals surface area contributed by atoms with Crippen molar-refractivity contribution in [3.05, 3.63) is 24.3 Å². The minimum Gasteiger partial charge on any atom is -0.348 e. The fourth-order valence-corrected chi connectivity index (χ4v) is 1.13. The third kappa shape index (κ3) is 27.0. The Morgan fingerprint density at radius 2 is 0.909 bits per heavy atom. The molecular weight excluding hydrogens is 274 g/mol. The highest BCUT2D eigenvalue weighted by molar-refractivity contribution is 5.88. The van der Waals surface area contributed by atoms with Crippen LogP contribution >= 0.6 is 0 Å². The number of amides is 2. The summed E-state index contributed by atoms with van der Waals surface area (Å²) in [6.07, 6.45) is 6.48. The third-order valence-electron chi connectivity index (χ3n) is 1.63. The molecule has 6 heteroatoms. The molecule has 0 heterocycles. The number of nitrogens with one attached hydrogen (secondary N) is 2. The molecule has 122 valence electrons. The van der Waals surface area contributed by atoms with Crippen molar-refractivity contribution in [3.63, 3.8) is 0 Å². The molecule has 0 aromatic heterocycles. The molecule has 4 nitrogen and oxygen atoms in total. The largest absolute Gasteiger partial charge is 0.348 e. The summed E-state index contributed by atoms with van der Waals surface area (Å²) >= 11 is 0. The van der Waals surface area contributed by atoms with Crippen LogP contribution in [0, 0.1) is 0 Å². The fraction of sp³-hybridized carbons (Fsp3) is 0.625. The lowest BCUT2D eigenvalue weighted by molar-refractivity contribution is -0.118. The monoisotopic (exact) mass is 304 g/mol. The molecule has 2 N–H and O–H groups in total. The first kappa shape index (κ1) is 28.7. The van der Waals surface area contributed by atoms with E-state index in [0.29, 0.717) is 0 Å². The third-order valence-corrected chi connectivity index (χ3v) is 1.63. The van der Waals surface area contributed by atoms with Crippen molar-refractivity contribution in [2.75, 3.05) is 0 Å². The van der Waals surface area contributed by atoms with Gasteiger partial charge in [0.25, 0.3) is 0 Å². The summed E-state index contributed by atoms with van der Waals surface area (Å²) in [6, 6.07) is 0. The molecule has 0 aromatic carbocycles. The lowest BCUT2D eigenvalue weighted by atomic mass is 10.1. The van der Waals surface area contributed by atoms with Crippen LogP contribution in [0.5, 0.6) is 0 Å². The van der Waals surface area contributed by atoms with Crippen LogP contribution in [0.4, 0.5) is 0 Å². The molecule has 22 heavy (non-hydrogen) atoms. The first-order chi connectivity index (χ1) is 8.91. The first-order valence-electron chi connectivity index (χ1n) is 6.81. The summed E-state index contributed by atoms with van der Waals surface area (Å²) in [4.78, 5) is 21.7. The van der Waals surface area contributed by atoms with Crippen LogP contribution in [0.25, 0.3) is 0 Å². The van der Waals surface area contributed by atoms with Gasteiger partial charge < -0.3 is 10.6 Å².